The summed E-state index contributed by atoms with van der Waals surface area (Å²) in [6, 6.07) is 0.435. The smallest absolute Gasteiger partial charge is 0.202 e. The lowest BCUT2D eigenvalue weighted by Gasteiger charge is -2.30. The summed E-state index contributed by atoms with van der Waals surface area (Å²) in [6.45, 7) is 7.83. The van der Waals surface area contributed by atoms with Crippen LogP contribution in [0.25, 0.3) is 0 Å². The molecule has 0 spiro atoms. The quantitative estimate of drug-likeness (QED) is 0.868. The second-order valence-corrected chi connectivity index (χ2v) is 5.47. The van der Waals surface area contributed by atoms with E-state index in [0.717, 1.165) is 18.4 Å². The van der Waals surface area contributed by atoms with Gasteiger partial charge < -0.3 is 14.8 Å². The number of anilines is 1. The van der Waals surface area contributed by atoms with Crippen molar-refractivity contribution in [2.45, 2.75) is 39.3 Å². The van der Waals surface area contributed by atoms with Gasteiger partial charge in [0, 0.05) is 31.5 Å². The Hall–Kier alpha value is -1.03. The predicted molar refractivity (Wildman–Crippen MR) is 71.2 cm³/mol. The van der Waals surface area contributed by atoms with Crippen LogP contribution in [-0.2, 0) is 6.54 Å². The molecule has 0 aliphatic carbocycles. The summed E-state index contributed by atoms with van der Waals surface area (Å²) in [7, 11) is 2.22. The number of nitrogens with zero attached hydrogens (tertiary/aromatic N) is 3. The minimum absolute atomic E-state index is 0.435. The number of rotatable bonds is 4. The molecule has 1 aliphatic rings. The number of nitrogens with one attached hydrogen (secondary N) is 1. The summed E-state index contributed by atoms with van der Waals surface area (Å²) in [6.07, 6.45) is 6.63. The lowest BCUT2D eigenvalue weighted by Crippen LogP contribution is -2.34. The van der Waals surface area contributed by atoms with Gasteiger partial charge in [-0.25, -0.2) is 4.98 Å². The van der Waals surface area contributed by atoms with E-state index in [1.165, 1.54) is 25.9 Å². The van der Waals surface area contributed by atoms with Gasteiger partial charge in [-0.1, -0.05) is 0 Å². The number of hydrogen-bond donors (Lipinski definition) is 1. The van der Waals surface area contributed by atoms with Gasteiger partial charge in [-0.3, -0.25) is 0 Å². The average Bonchev–Trinajstić information content (AvgIpc) is 2.65. The Balaban J connectivity index is 1.95. The van der Waals surface area contributed by atoms with Crippen molar-refractivity contribution in [2.75, 3.05) is 25.5 Å². The van der Waals surface area contributed by atoms with Crippen molar-refractivity contribution < 1.29 is 0 Å². The Morgan fingerprint density at radius 1 is 1.53 bits per heavy atom. The van der Waals surface area contributed by atoms with Gasteiger partial charge in [0.15, 0.2) is 0 Å². The third-order valence-electron chi connectivity index (χ3n) is 3.31. The Labute approximate surface area is 104 Å². The summed E-state index contributed by atoms with van der Waals surface area (Å²) in [5.41, 5.74) is 0. The van der Waals surface area contributed by atoms with Crippen LogP contribution in [0.15, 0.2) is 12.4 Å². The maximum atomic E-state index is 4.38. The van der Waals surface area contributed by atoms with Crippen LogP contribution in [0, 0.1) is 5.92 Å². The number of hydrogen-bond acceptors (Lipinski definition) is 3. The van der Waals surface area contributed by atoms with Crippen molar-refractivity contribution in [3.05, 3.63) is 12.4 Å². The molecule has 1 aliphatic heterocycles. The fraction of sp³-hybridized carbons (Fsp3) is 0.769. The van der Waals surface area contributed by atoms with Crippen molar-refractivity contribution in [3.63, 3.8) is 0 Å². The zero-order valence-electron chi connectivity index (χ0n) is 11.2. The first-order valence-corrected chi connectivity index (χ1v) is 6.61. The maximum Gasteiger partial charge on any atom is 0.202 e. The highest BCUT2D eigenvalue weighted by atomic mass is 15.2. The van der Waals surface area contributed by atoms with E-state index in [1.54, 1.807) is 0 Å². The highest BCUT2D eigenvalue weighted by molar-refractivity contribution is 5.26. The van der Waals surface area contributed by atoms with Crippen LogP contribution in [0.2, 0.25) is 0 Å². The zero-order valence-corrected chi connectivity index (χ0v) is 11.2. The number of likely N-dealkylation sites (tertiary alicyclic amines) is 1. The van der Waals surface area contributed by atoms with Crippen molar-refractivity contribution in [1.82, 2.24) is 14.5 Å². The van der Waals surface area contributed by atoms with Crippen LogP contribution in [0.5, 0.6) is 0 Å². The van der Waals surface area contributed by atoms with Gasteiger partial charge in [0.2, 0.25) is 5.95 Å². The molecule has 0 saturated carbocycles. The van der Waals surface area contributed by atoms with Gasteiger partial charge in [-0.2, -0.15) is 0 Å². The molecule has 0 bridgehead atoms. The molecule has 4 nitrogen and oxygen atoms in total. The standard InChI is InChI=1S/C13H24N4/c1-11(2)15-13-14-6-8-17(13)10-12-5-4-7-16(3)9-12/h6,8,11-12H,4-5,7,9-10H2,1-3H3,(H,14,15). The molecule has 96 valence electrons. The molecule has 2 heterocycles. The van der Waals surface area contributed by atoms with Crippen molar-refractivity contribution in [1.29, 1.82) is 0 Å². The minimum Gasteiger partial charge on any atom is -0.353 e. The molecule has 1 unspecified atom stereocenters. The first kappa shape index (κ1) is 12.4. The fourth-order valence-corrected chi connectivity index (χ4v) is 2.56. The Kier molecular flexibility index (Phi) is 4.05. The molecule has 1 fully saturated rings. The molecule has 2 rings (SSSR count). The van der Waals surface area contributed by atoms with E-state index < -0.39 is 0 Å². The van der Waals surface area contributed by atoms with Gasteiger partial charge in [-0.05, 0) is 46.2 Å². The van der Waals surface area contributed by atoms with Crippen LogP contribution in [0.4, 0.5) is 5.95 Å². The van der Waals surface area contributed by atoms with E-state index >= 15 is 0 Å². The van der Waals surface area contributed by atoms with E-state index in [-0.39, 0.29) is 0 Å². The largest absolute Gasteiger partial charge is 0.353 e. The number of imidazole rings is 1. The predicted octanol–water partition coefficient (Wildman–Crippen LogP) is 2.05. The summed E-state index contributed by atoms with van der Waals surface area (Å²) in [5.74, 6) is 1.77. The second-order valence-electron chi connectivity index (χ2n) is 5.47. The molecule has 4 heteroatoms. The summed E-state index contributed by atoms with van der Waals surface area (Å²) in [5, 5.41) is 3.39. The monoisotopic (exact) mass is 236 g/mol. The molecular weight excluding hydrogens is 212 g/mol. The van der Waals surface area contributed by atoms with Gasteiger partial charge in [0.25, 0.3) is 0 Å². The Morgan fingerprint density at radius 3 is 3.06 bits per heavy atom. The molecule has 1 atom stereocenters. The third kappa shape index (κ3) is 3.46. The van der Waals surface area contributed by atoms with Crippen LogP contribution in [-0.4, -0.2) is 40.6 Å². The van der Waals surface area contributed by atoms with Gasteiger partial charge in [-0.15, -0.1) is 0 Å². The molecule has 0 aromatic carbocycles. The van der Waals surface area contributed by atoms with Crippen molar-refractivity contribution in [2.24, 2.45) is 5.92 Å². The normalized spacial score (nSPS) is 22.0. The van der Waals surface area contributed by atoms with Crippen LogP contribution >= 0.6 is 0 Å². The first-order valence-electron chi connectivity index (χ1n) is 6.61. The molecule has 1 aromatic heterocycles. The molecule has 17 heavy (non-hydrogen) atoms. The van der Waals surface area contributed by atoms with Crippen LogP contribution < -0.4 is 5.32 Å². The van der Waals surface area contributed by atoms with Crippen LogP contribution in [0.3, 0.4) is 0 Å². The van der Waals surface area contributed by atoms with E-state index in [9.17, 15) is 0 Å². The minimum atomic E-state index is 0.435. The highest BCUT2D eigenvalue weighted by Gasteiger charge is 2.18. The van der Waals surface area contributed by atoms with Gasteiger partial charge >= 0.3 is 0 Å². The lowest BCUT2D eigenvalue weighted by molar-refractivity contribution is 0.195. The maximum absolute atomic E-state index is 4.38. The third-order valence-corrected chi connectivity index (χ3v) is 3.31. The van der Waals surface area contributed by atoms with Crippen LogP contribution in [0.1, 0.15) is 26.7 Å². The average molecular weight is 236 g/mol. The van der Waals surface area contributed by atoms with Crippen molar-refractivity contribution in [3.8, 4) is 0 Å². The first-order chi connectivity index (χ1) is 8.15. The molecule has 1 saturated heterocycles. The SMILES string of the molecule is CC(C)Nc1nccn1CC1CCCN(C)C1. The number of aromatic nitrogens is 2. The molecule has 0 radical (unpaired) electrons. The Bertz CT molecular complexity index is 345. The van der Waals surface area contributed by atoms with Crippen molar-refractivity contribution >= 4 is 5.95 Å². The lowest BCUT2D eigenvalue weighted by atomic mass is 9.98. The number of piperidine rings is 1. The van der Waals surface area contributed by atoms with E-state index in [0.29, 0.717) is 6.04 Å². The topological polar surface area (TPSA) is 33.1 Å². The molecule has 1 N–H and O–H groups in total. The van der Waals surface area contributed by atoms with E-state index in [4.69, 9.17) is 0 Å². The molecular formula is C13H24N4. The van der Waals surface area contributed by atoms with E-state index in [2.05, 4.69) is 46.9 Å². The Morgan fingerprint density at radius 2 is 2.35 bits per heavy atom. The van der Waals surface area contributed by atoms with Gasteiger partial charge in [0.05, 0.1) is 0 Å². The second kappa shape index (κ2) is 5.54. The molecule has 1 aromatic rings. The zero-order chi connectivity index (χ0) is 12.3. The summed E-state index contributed by atoms with van der Waals surface area (Å²) in [4.78, 5) is 6.81. The highest BCUT2D eigenvalue weighted by Crippen LogP contribution is 2.19. The summed E-state index contributed by atoms with van der Waals surface area (Å²) >= 11 is 0. The fourth-order valence-electron chi connectivity index (χ4n) is 2.56. The van der Waals surface area contributed by atoms with E-state index in [1.807, 2.05) is 6.20 Å². The van der Waals surface area contributed by atoms with Gasteiger partial charge in [0.1, 0.15) is 0 Å². The summed E-state index contributed by atoms with van der Waals surface area (Å²) < 4.78 is 2.25. The molecule has 0 amide bonds.